The Morgan fingerprint density at radius 1 is 0.914 bits per heavy atom. The molecule has 0 amide bonds. The van der Waals surface area contributed by atoms with E-state index in [0.717, 1.165) is 64.2 Å². The summed E-state index contributed by atoms with van der Waals surface area (Å²) in [5.41, 5.74) is 5.65. The Labute approximate surface area is 370 Å². The van der Waals surface area contributed by atoms with Crippen molar-refractivity contribution in [2.24, 2.45) is 5.73 Å². The minimum absolute atomic E-state index is 0. The molecule has 2 fully saturated rings. The van der Waals surface area contributed by atoms with Crippen LogP contribution >= 0.6 is 8.17 Å². The summed E-state index contributed by atoms with van der Waals surface area (Å²) in [5, 5.41) is 20.6. The zero-order valence-corrected chi connectivity index (χ0v) is 39.3. The van der Waals surface area contributed by atoms with E-state index in [9.17, 15) is 37.8 Å². The van der Waals surface area contributed by atoms with Gasteiger partial charge in [-0.15, -0.1) is 0 Å². The second kappa shape index (κ2) is 30.2. The van der Waals surface area contributed by atoms with Gasteiger partial charge in [0.15, 0.2) is 5.79 Å². The van der Waals surface area contributed by atoms with Gasteiger partial charge in [0.2, 0.25) is 10.4 Å². The van der Waals surface area contributed by atoms with Crippen molar-refractivity contribution in [2.45, 2.75) is 158 Å². The third kappa shape index (κ3) is 27.9. The van der Waals surface area contributed by atoms with Gasteiger partial charge in [-0.05, 0) is 38.5 Å². The minimum Gasteiger partial charge on any atom is -0.726 e. The van der Waals surface area contributed by atoms with Crippen LogP contribution in [0.15, 0.2) is 12.2 Å². The molecule has 17 nitrogen and oxygen atoms in total. The van der Waals surface area contributed by atoms with Gasteiger partial charge in [0.1, 0.15) is 38.6 Å². The van der Waals surface area contributed by atoms with Gasteiger partial charge in [-0.2, -0.15) is 13.9 Å². The second-order valence-electron chi connectivity index (χ2n) is 16.4. The van der Waals surface area contributed by atoms with Crippen LogP contribution in [-0.2, 0) is 47.4 Å². The maximum Gasteiger partial charge on any atom is 1.00 e. The summed E-state index contributed by atoms with van der Waals surface area (Å²) in [4.78, 5) is 33.7. The quantitative estimate of drug-likeness (QED) is 0.00978. The van der Waals surface area contributed by atoms with Crippen LogP contribution in [0.2, 0.25) is 0 Å². The Morgan fingerprint density at radius 3 is 2.17 bits per heavy atom. The summed E-state index contributed by atoms with van der Waals surface area (Å²) in [6.07, 6.45) is 19.8. The Kier molecular flexibility index (Phi) is 29.2. The second-order valence-corrected chi connectivity index (χ2v) is 18.9. The monoisotopic (exact) mass is 883 g/mol. The number of hydrogen-bond donors (Lipinski definition) is 4. The van der Waals surface area contributed by atoms with Crippen LogP contribution in [0.3, 0.4) is 0 Å². The molecule has 336 valence electrons. The number of phosphoric ester groups is 1. The van der Waals surface area contributed by atoms with Crippen molar-refractivity contribution in [1.29, 1.82) is 0 Å². The molecule has 20 heteroatoms. The van der Waals surface area contributed by atoms with Crippen molar-refractivity contribution < 1.29 is 104 Å². The predicted molar refractivity (Wildman–Crippen MR) is 211 cm³/mol. The molecule has 2 aliphatic heterocycles. The number of carbonyl (C=O) groups is 1. The van der Waals surface area contributed by atoms with E-state index in [0.29, 0.717) is 36.9 Å². The number of carbonyl (C=O) groups excluding carboxylic acids is 1. The molecule has 2 rings (SSSR count). The molecule has 2 saturated heterocycles. The smallest absolute Gasteiger partial charge is 0.726 e. The van der Waals surface area contributed by atoms with E-state index in [4.69, 9.17) is 33.7 Å². The summed E-state index contributed by atoms with van der Waals surface area (Å²) in [5.74, 6) is -1.21. The third-order valence-electron chi connectivity index (χ3n) is 9.87. The number of quaternary nitrogens is 1. The first-order valence-electron chi connectivity index (χ1n) is 20.8. The van der Waals surface area contributed by atoms with Gasteiger partial charge < -0.3 is 48.8 Å². The van der Waals surface area contributed by atoms with E-state index < -0.39 is 55.2 Å². The number of hydrogen-bond acceptors (Lipinski definition) is 16. The first-order valence-corrected chi connectivity index (χ1v) is 23.6. The maximum atomic E-state index is 12.0. The predicted octanol–water partition coefficient (Wildman–Crippen LogP) is 0.308. The number of likely N-dealkylation sites (N-methyl/N-ethyl adjacent to an activating group) is 1. The number of rotatable bonds is 35. The summed E-state index contributed by atoms with van der Waals surface area (Å²) >= 11 is 0. The standard InChI is InChI=1S/C38H73N2O15PS.Na/c1-40(2,3)25-27-51-56(44,45)52-31-33(41)30-50-36(43)21-17-13-11-12-16-20-35-37-34(42)22-24-38(54-35,55-37)23-18-14-9-7-5-4-6-8-10-15-19-26-49-28-32(39)29-53-57(46,47)48;/h17,21,32-35,37,41-42H,4-16,18-20,22-31,39H2,1-3H3,(H-,44,45,46,47,48);/q;+1/b21-17+;/t32?,33-,34-,35-,37-,38+;/m1./s1. The zero-order chi connectivity index (χ0) is 42.2. The Morgan fingerprint density at radius 2 is 1.53 bits per heavy atom. The molecule has 2 bridgehead atoms. The molecule has 0 saturated carbocycles. The van der Waals surface area contributed by atoms with Gasteiger partial charge in [0.05, 0.1) is 52.6 Å². The number of esters is 1. The van der Waals surface area contributed by atoms with Crippen molar-refractivity contribution >= 4 is 24.5 Å². The fraction of sp³-hybridized carbons (Fsp3) is 0.921. The van der Waals surface area contributed by atoms with Gasteiger partial charge in [-0.25, -0.2) is 13.2 Å². The third-order valence-corrected chi connectivity index (χ3v) is 11.3. The Bertz CT molecular complexity index is 1230. The normalized spacial score (nSPS) is 23.1. The summed E-state index contributed by atoms with van der Waals surface area (Å²) in [6, 6.07) is -0.648. The molecule has 2 unspecified atom stereocenters. The number of unbranched alkanes of at least 4 members (excludes halogenated alkanes) is 13. The first kappa shape index (κ1) is 56.1. The molecule has 7 atom stereocenters. The van der Waals surface area contributed by atoms with E-state index >= 15 is 0 Å². The van der Waals surface area contributed by atoms with Crippen molar-refractivity contribution in [3.05, 3.63) is 12.2 Å². The van der Waals surface area contributed by atoms with Crippen LogP contribution in [0, 0.1) is 0 Å². The molecule has 2 heterocycles. The van der Waals surface area contributed by atoms with Gasteiger partial charge in [0.25, 0.3) is 0 Å². The molecular formula is C38H73N2NaO15PS+. The van der Waals surface area contributed by atoms with Gasteiger partial charge in [0, 0.05) is 25.5 Å². The van der Waals surface area contributed by atoms with Crippen LogP contribution in [0.1, 0.15) is 122 Å². The number of fused-ring (bicyclic) bond motifs is 2. The summed E-state index contributed by atoms with van der Waals surface area (Å²) in [6.45, 7) is -0.0681. The molecule has 58 heavy (non-hydrogen) atoms. The first-order chi connectivity index (χ1) is 26.9. The number of aliphatic hydroxyl groups excluding tert-OH is 2. The molecule has 0 spiro atoms. The largest absolute Gasteiger partial charge is 1.00 e. The van der Waals surface area contributed by atoms with E-state index in [1.54, 1.807) is 6.08 Å². The van der Waals surface area contributed by atoms with Crippen LogP contribution in [0.5, 0.6) is 0 Å². The molecule has 0 aromatic heterocycles. The fourth-order valence-electron chi connectivity index (χ4n) is 6.67. The molecule has 2 aliphatic rings. The zero-order valence-electron chi connectivity index (χ0n) is 35.5. The fourth-order valence-corrected chi connectivity index (χ4v) is 7.75. The van der Waals surface area contributed by atoms with E-state index in [-0.39, 0.29) is 68.2 Å². The molecule has 0 aromatic carbocycles. The average Bonchev–Trinajstić information content (AvgIpc) is 3.44. The van der Waals surface area contributed by atoms with Gasteiger partial charge in [-0.3, -0.25) is 4.18 Å². The molecule has 5 N–H and O–H groups in total. The topological polar surface area (TPSA) is 249 Å². The molecule has 0 aromatic rings. The van der Waals surface area contributed by atoms with E-state index in [1.165, 1.54) is 44.6 Å². The summed E-state index contributed by atoms with van der Waals surface area (Å²) in [7, 11) is -3.30. The SMILES string of the molecule is C[N+](C)(C)CCO[P+]([O-])(O)OC[C@H](O)COC(=O)/C=C/CCCCC[C@H]1O[C@]2(CCCCCCCCCCCCCOCC(N)COS(=O)(=O)[O-])CC[C@@H](O)[C@H]1O2.[Na+]. The number of nitrogens with zero attached hydrogens (tertiary/aromatic N) is 1. The van der Waals surface area contributed by atoms with Crippen molar-refractivity contribution in [3.63, 3.8) is 0 Å². The van der Waals surface area contributed by atoms with E-state index in [2.05, 4.69) is 4.18 Å². The van der Waals surface area contributed by atoms with Crippen molar-refractivity contribution in [3.8, 4) is 0 Å². The maximum absolute atomic E-state index is 12.0. The number of phosphoric acid groups is 1. The van der Waals surface area contributed by atoms with Crippen LogP contribution in [-0.4, -0.2) is 142 Å². The Hall–Kier alpha value is 0.0700. The number of nitrogens with two attached hydrogens (primary N) is 1. The molecule has 0 radical (unpaired) electrons. The van der Waals surface area contributed by atoms with Crippen molar-refractivity contribution in [1.82, 2.24) is 0 Å². The average molecular weight is 884 g/mol. The van der Waals surface area contributed by atoms with Crippen LogP contribution in [0.4, 0.5) is 0 Å². The Balaban J connectivity index is 0.0000168. The van der Waals surface area contributed by atoms with Gasteiger partial charge >= 0.3 is 43.7 Å². The number of allylic oxidation sites excluding steroid dienone is 1. The summed E-state index contributed by atoms with van der Waals surface area (Å²) < 4.78 is 68.9. The van der Waals surface area contributed by atoms with Crippen molar-refractivity contribution in [2.75, 3.05) is 67.3 Å². The minimum atomic E-state index is -4.73. The number of aliphatic hydroxyl groups is 2. The van der Waals surface area contributed by atoms with Crippen LogP contribution in [0.25, 0.3) is 0 Å². The molecular weight excluding hydrogens is 810 g/mol. The van der Waals surface area contributed by atoms with E-state index in [1.807, 2.05) is 21.1 Å². The van der Waals surface area contributed by atoms with Gasteiger partial charge in [-0.1, -0.05) is 76.7 Å². The molecule has 0 aliphatic carbocycles. The number of ether oxygens (including phenoxy) is 4. The van der Waals surface area contributed by atoms with Crippen LogP contribution < -0.4 is 40.2 Å².